The summed E-state index contributed by atoms with van der Waals surface area (Å²) in [5.41, 5.74) is 5.10. The van der Waals surface area contributed by atoms with Gasteiger partial charge in [0.15, 0.2) is 0 Å². The maximum atomic E-state index is 12.8. The molecule has 2 aromatic rings. The second kappa shape index (κ2) is 5.66. The van der Waals surface area contributed by atoms with E-state index in [-0.39, 0.29) is 17.5 Å². The first-order valence-corrected chi connectivity index (χ1v) is 8.81. The van der Waals surface area contributed by atoms with Gasteiger partial charge in [-0.3, -0.25) is 4.90 Å². The molecule has 3 heteroatoms. The Kier molecular flexibility index (Phi) is 3.60. The number of urea groups is 1. The zero-order valence-corrected chi connectivity index (χ0v) is 14.4. The van der Waals surface area contributed by atoms with Crippen LogP contribution >= 0.6 is 0 Å². The minimum absolute atomic E-state index is 0.0332. The Morgan fingerprint density at radius 1 is 1.17 bits per heavy atom. The molecule has 0 radical (unpaired) electrons. The lowest BCUT2D eigenvalue weighted by molar-refractivity contribution is 0.244. The van der Waals surface area contributed by atoms with Gasteiger partial charge in [0.1, 0.15) is 0 Å². The van der Waals surface area contributed by atoms with Crippen LogP contribution in [0.3, 0.4) is 0 Å². The van der Waals surface area contributed by atoms with Gasteiger partial charge in [-0.25, -0.2) is 4.79 Å². The summed E-state index contributed by atoms with van der Waals surface area (Å²) in [7, 11) is 0. The van der Waals surface area contributed by atoms with Crippen LogP contribution in [0.2, 0.25) is 0 Å². The van der Waals surface area contributed by atoms with E-state index >= 15 is 0 Å². The molecule has 1 fully saturated rings. The number of carbonyl (C=O) groups is 1. The highest BCUT2D eigenvalue weighted by atomic mass is 16.2. The van der Waals surface area contributed by atoms with Crippen molar-refractivity contribution in [1.82, 2.24) is 5.32 Å². The van der Waals surface area contributed by atoms with E-state index in [0.29, 0.717) is 0 Å². The van der Waals surface area contributed by atoms with E-state index in [4.69, 9.17) is 0 Å². The van der Waals surface area contributed by atoms with Gasteiger partial charge in [-0.05, 0) is 50.3 Å². The second-order valence-electron chi connectivity index (χ2n) is 7.36. The van der Waals surface area contributed by atoms with Gasteiger partial charge in [0.05, 0.1) is 0 Å². The van der Waals surface area contributed by atoms with Crippen molar-refractivity contribution in [3.63, 3.8) is 0 Å². The number of para-hydroxylation sites is 1. The Morgan fingerprint density at radius 2 is 1.88 bits per heavy atom. The first kappa shape index (κ1) is 15.3. The average molecular weight is 320 g/mol. The Bertz CT molecular complexity index is 762. The zero-order chi connectivity index (χ0) is 16.7. The van der Waals surface area contributed by atoms with Crippen LogP contribution in [0.5, 0.6) is 0 Å². The molecule has 3 nitrogen and oxygen atoms in total. The highest BCUT2D eigenvalue weighted by Gasteiger charge is 2.44. The third-order valence-electron chi connectivity index (χ3n) is 5.52. The number of rotatable bonds is 3. The van der Waals surface area contributed by atoms with Gasteiger partial charge in [-0.2, -0.15) is 0 Å². The van der Waals surface area contributed by atoms with Gasteiger partial charge in [0.25, 0.3) is 0 Å². The SMILES string of the molecule is Cc1ccc(C2(CNC(=O)N3c4ccccc4CC3C)CC2)cc1. The van der Waals surface area contributed by atoms with Gasteiger partial charge in [0, 0.05) is 23.7 Å². The van der Waals surface area contributed by atoms with E-state index in [2.05, 4.69) is 49.5 Å². The van der Waals surface area contributed by atoms with Crippen molar-refractivity contribution in [2.24, 2.45) is 0 Å². The van der Waals surface area contributed by atoms with Crippen molar-refractivity contribution in [2.45, 2.75) is 44.6 Å². The maximum Gasteiger partial charge on any atom is 0.322 e. The smallest absolute Gasteiger partial charge is 0.322 e. The van der Waals surface area contributed by atoms with Crippen LogP contribution in [0.25, 0.3) is 0 Å². The van der Waals surface area contributed by atoms with Gasteiger partial charge in [0.2, 0.25) is 0 Å². The van der Waals surface area contributed by atoms with Crippen LogP contribution in [-0.4, -0.2) is 18.6 Å². The van der Waals surface area contributed by atoms with E-state index in [1.54, 1.807) is 0 Å². The summed E-state index contributed by atoms with van der Waals surface area (Å²) < 4.78 is 0. The first-order valence-electron chi connectivity index (χ1n) is 8.81. The third-order valence-corrected chi connectivity index (χ3v) is 5.52. The number of fused-ring (bicyclic) bond motifs is 1. The number of amides is 2. The summed E-state index contributed by atoms with van der Waals surface area (Å²) in [4.78, 5) is 14.7. The molecule has 1 aliphatic carbocycles. The summed E-state index contributed by atoms with van der Waals surface area (Å²) in [6.45, 7) is 4.95. The fourth-order valence-corrected chi connectivity index (χ4v) is 3.83. The second-order valence-corrected chi connectivity index (χ2v) is 7.36. The number of hydrogen-bond donors (Lipinski definition) is 1. The Labute approximate surface area is 143 Å². The summed E-state index contributed by atoms with van der Waals surface area (Å²) in [5.74, 6) is 0. The summed E-state index contributed by atoms with van der Waals surface area (Å²) in [5, 5.41) is 3.20. The van der Waals surface area contributed by atoms with Crippen LogP contribution in [0.1, 0.15) is 36.5 Å². The number of nitrogens with zero attached hydrogens (tertiary/aromatic N) is 1. The van der Waals surface area contributed by atoms with Gasteiger partial charge >= 0.3 is 6.03 Å². The molecule has 1 heterocycles. The Balaban J connectivity index is 1.47. The quantitative estimate of drug-likeness (QED) is 0.903. The molecule has 0 aromatic heterocycles. The zero-order valence-electron chi connectivity index (χ0n) is 14.4. The van der Waals surface area contributed by atoms with Crippen LogP contribution < -0.4 is 10.2 Å². The van der Waals surface area contributed by atoms with Gasteiger partial charge in [-0.1, -0.05) is 48.0 Å². The number of nitrogens with one attached hydrogen (secondary N) is 1. The predicted molar refractivity (Wildman–Crippen MR) is 97.6 cm³/mol. The number of anilines is 1. The first-order chi connectivity index (χ1) is 11.6. The molecule has 2 amide bonds. The summed E-state index contributed by atoms with van der Waals surface area (Å²) in [6.07, 6.45) is 3.25. The molecule has 1 unspecified atom stereocenters. The Hall–Kier alpha value is -2.29. The van der Waals surface area contributed by atoms with Crippen molar-refractivity contribution >= 4 is 11.7 Å². The van der Waals surface area contributed by atoms with Crippen molar-refractivity contribution < 1.29 is 4.79 Å². The minimum atomic E-state index is 0.0332. The van der Waals surface area contributed by atoms with E-state index in [1.807, 2.05) is 23.1 Å². The van der Waals surface area contributed by atoms with Gasteiger partial charge < -0.3 is 5.32 Å². The summed E-state index contributed by atoms with van der Waals surface area (Å²) in [6, 6.07) is 17.2. The molecule has 0 bridgehead atoms. The lowest BCUT2D eigenvalue weighted by Gasteiger charge is -2.25. The number of carbonyl (C=O) groups excluding carboxylic acids is 1. The molecule has 124 valence electrons. The molecule has 1 atom stereocenters. The molecule has 0 spiro atoms. The summed E-state index contributed by atoms with van der Waals surface area (Å²) >= 11 is 0. The van der Waals surface area contributed by atoms with Crippen LogP contribution in [0.15, 0.2) is 48.5 Å². The molecule has 2 aromatic carbocycles. The van der Waals surface area contributed by atoms with E-state index < -0.39 is 0 Å². The lowest BCUT2D eigenvalue weighted by Crippen LogP contribution is -2.45. The van der Waals surface area contributed by atoms with Crippen molar-refractivity contribution in [3.8, 4) is 0 Å². The van der Waals surface area contributed by atoms with Crippen LogP contribution in [0, 0.1) is 6.92 Å². The monoisotopic (exact) mass is 320 g/mol. The maximum absolute atomic E-state index is 12.8. The standard InChI is InChI=1S/C21H24N2O/c1-15-7-9-18(10-8-15)21(11-12-21)14-22-20(24)23-16(2)13-17-5-3-4-6-19(17)23/h3-10,16H,11-14H2,1-2H3,(H,22,24). The number of aryl methyl sites for hydroxylation is 1. The molecule has 24 heavy (non-hydrogen) atoms. The highest BCUT2D eigenvalue weighted by molar-refractivity contribution is 5.95. The topological polar surface area (TPSA) is 32.3 Å². The van der Waals surface area contributed by atoms with E-state index in [0.717, 1.165) is 31.5 Å². The van der Waals surface area contributed by atoms with Crippen LogP contribution in [0.4, 0.5) is 10.5 Å². The molecule has 0 saturated heterocycles. The average Bonchev–Trinajstić information content (AvgIpc) is 3.29. The Morgan fingerprint density at radius 3 is 2.58 bits per heavy atom. The third kappa shape index (κ3) is 2.58. The normalized spacial score (nSPS) is 20.6. The fourth-order valence-electron chi connectivity index (χ4n) is 3.83. The molecular formula is C21H24N2O. The van der Waals surface area contributed by atoms with E-state index in [9.17, 15) is 4.79 Å². The van der Waals surface area contributed by atoms with Crippen molar-refractivity contribution in [1.29, 1.82) is 0 Å². The number of benzene rings is 2. The molecule has 2 aliphatic rings. The van der Waals surface area contributed by atoms with Crippen molar-refractivity contribution in [3.05, 3.63) is 65.2 Å². The number of hydrogen-bond acceptors (Lipinski definition) is 1. The lowest BCUT2D eigenvalue weighted by atomic mass is 9.95. The van der Waals surface area contributed by atoms with Gasteiger partial charge in [-0.15, -0.1) is 0 Å². The predicted octanol–water partition coefficient (Wildman–Crippen LogP) is 4.19. The molecule has 4 rings (SSSR count). The fraction of sp³-hybridized carbons (Fsp3) is 0.381. The molecular weight excluding hydrogens is 296 g/mol. The van der Waals surface area contributed by atoms with Crippen molar-refractivity contribution in [2.75, 3.05) is 11.4 Å². The highest BCUT2D eigenvalue weighted by Crippen LogP contribution is 2.47. The molecule has 1 aliphatic heterocycles. The largest absolute Gasteiger partial charge is 0.337 e. The van der Waals surface area contributed by atoms with E-state index in [1.165, 1.54) is 16.7 Å². The molecule has 1 saturated carbocycles. The minimum Gasteiger partial charge on any atom is -0.337 e. The van der Waals surface area contributed by atoms with Crippen LogP contribution in [-0.2, 0) is 11.8 Å². The molecule has 1 N–H and O–H groups in total.